The lowest BCUT2D eigenvalue weighted by atomic mass is 10.2. The van der Waals surface area contributed by atoms with E-state index < -0.39 is 15.9 Å². The number of methoxy groups -OCH3 is 2. The third-order valence-electron chi connectivity index (χ3n) is 4.10. The van der Waals surface area contributed by atoms with Crippen molar-refractivity contribution in [2.75, 3.05) is 32.6 Å². The molecule has 0 saturated heterocycles. The van der Waals surface area contributed by atoms with Crippen LogP contribution >= 0.6 is 0 Å². The quantitative estimate of drug-likeness (QED) is 0.746. The molecule has 0 aliphatic rings. The number of ether oxygens (including phenoxy) is 2. The molecule has 0 aromatic heterocycles. The van der Waals surface area contributed by atoms with Crippen molar-refractivity contribution >= 4 is 21.6 Å². The number of amides is 1. The first kappa shape index (κ1) is 20.7. The maximum atomic E-state index is 12.9. The predicted molar refractivity (Wildman–Crippen MR) is 104 cm³/mol. The lowest BCUT2D eigenvalue weighted by Crippen LogP contribution is -2.31. The molecule has 2 rings (SSSR count). The summed E-state index contributed by atoms with van der Waals surface area (Å²) in [6.07, 6.45) is 0. The average Bonchev–Trinajstić information content (AvgIpc) is 2.68. The Bertz CT molecular complexity index is 908. The van der Waals surface area contributed by atoms with Crippen molar-refractivity contribution in [1.82, 2.24) is 4.31 Å². The smallest absolute Gasteiger partial charge is 0.255 e. The van der Waals surface area contributed by atoms with E-state index in [-0.39, 0.29) is 16.2 Å². The number of hydrogen-bond donors (Lipinski definition) is 1. The number of nitrogens with zero attached hydrogens (tertiary/aromatic N) is 1. The van der Waals surface area contributed by atoms with Gasteiger partial charge < -0.3 is 14.8 Å². The van der Waals surface area contributed by atoms with Crippen molar-refractivity contribution in [3.63, 3.8) is 0 Å². The second kappa shape index (κ2) is 8.88. The van der Waals surface area contributed by atoms with Crippen molar-refractivity contribution in [1.29, 1.82) is 0 Å². The largest absolute Gasteiger partial charge is 0.495 e. The molecule has 0 spiro atoms. The molecule has 0 bridgehead atoms. The average molecular weight is 392 g/mol. The summed E-state index contributed by atoms with van der Waals surface area (Å²) < 4.78 is 37.5. The van der Waals surface area contributed by atoms with Gasteiger partial charge >= 0.3 is 0 Å². The molecule has 0 aliphatic heterocycles. The van der Waals surface area contributed by atoms with Crippen LogP contribution in [-0.4, -0.2) is 45.9 Å². The van der Waals surface area contributed by atoms with Crippen molar-refractivity contribution in [2.45, 2.75) is 18.7 Å². The highest BCUT2D eigenvalue weighted by atomic mass is 32.2. The van der Waals surface area contributed by atoms with Crippen molar-refractivity contribution < 1.29 is 22.7 Å². The first-order valence-electron chi connectivity index (χ1n) is 8.51. The molecular formula is C19H24N2O5S. The van der Waals surface area contributed by atoms with Gasteiger partial charge in [0.25, 0.3) is 5.91 Å². The Morgan fingerprint density at radius 1 is 1.00 bits per heavy atom. The summed E-state index contributed by atoms with van der Waals surface area (Å²) in [7, 11) is -0.881. The van der Waals surface area contributed by atoms with E-state index in [1.165, 1.54) is 36.7 Å². The van der Waals surface area contributed by atoms with Crippen LogP contribution in [0.4, 0.5) is 5.69 Å². The van der Waals surface area contributed by atoms with Gasteiger partial charge in [0.1, 0.15) is 16.4 Å². The summed E-state index contributed by atoms with van der Waals surface area (Å²) in [5.74, 6) is 0.254. The maximum absolute atomic E-state index is 12.9. The number of hydrogen-bond acceptors (Lipinski definition) is 5. The van der Waals surface area contributed by atoms with E-state index in [0.29, 0.717) is 24.5 Å². The maximum Gasteiger partial charge on any atom is 0.255 e. The Hall–Kier alpha value is -2.58. The molecule has 0 heterocycles. The zero-order chi connectivity index (χ0) is 20.0. The Morgan fingerprint density at radius 2 is 1.63 bits per heavy atom. The molecule has 8 heteroatoms. The molecule has 1 N–H and O–H groups in total. The first-order chi connectivity index (χ1) is 12.9. The zero-order valence-electron chi connectivity index (χ0n) is 15.9. The van der Waals surface area contributed by atoms with Crippen molar-refractivity contribution in [3.05, 3.63) is 48.0 Å². The van der Waals surface area contributed by atoms with E-state index in [9.17, 15) is 13.2 Å². The van der Waals surface area contributed by atoms with Crippen LogP contribution in [0.3, 0.4) is 0 Å². The fourth-order valence-corrected chi connectivity index (χ4v) is 4.30. The van der Waals surface area contributed by atoms with Gasteiger partial charge in [0.2, 0.25) is 10.0 Å². The zero-order valence-corrected chi connectivity index (χ0v) is 16.7. The van der Waals surface area contributed by atoms with Crippen LogP contribution in [0.15, 0.2) is 47.4 Å². The van der Waals surface area contributed by atoms with Crippen LogP contribution in [-0.2, 0) is 10.0 Å². The van der Waals surface area contributed by atoms with Crippen molar-refractivity contribution in [2.24, 2.45) is 0 Å². The summed E-state index contributed by atoms with van der Waals surface area (Å²) in [5.41, 5.74) is 0.696. The second-order valence-electron chi connectivity index (χ2n) is 5.61. The van der Waals surface area contributed by atoms with Gasteiger partial charge in [0.15, 0.2) is 0 Å². The van der Waals surface area contributed by atoms with E-state index in [1.807, 2.05) is 0 Å². The van der Waals surface area contributed by atoms with Gasteiger partial charge in [0.05, 0.1) is 19.9 Å². The first-order valence-corrected chi connectivity index (χ1v) is 9.95. The van der Waals surface area contributed by atoms with Crippen LogP contribution in [0.5, 0.6) is 11.5 Å². The van der Waals surface area contributed by atoms with E-state index in [0.717, 1.165) is 0 Å². The molecule has 146 valence electrons. The van der Waals surface area contributed by atoms with Gasteiger partial charge in [-0.25, -0.2) is 8.42 Å². The van der Waals surface area contributed by atoms with Crippen LogP contribution < -0.4 is 14.8 Å². The number of para-hydroxylation sites is 2. The van der Waals surface area contributed by atoms with E-state index >= 15 is 0 Å². The minimum absolute atomic E-state index is 0.0404. The Balaban J connectivity index is 2.43. The van der Waals surface area contributed by atoms with Crippen LogP contribution in [0.25, 0.3) is 0 Å². The number of rotatable bonds is 8. The minimum atomic E-state index is -3.78. The third-order valence-corrected chi connectivity index (χ3v) is 6.18. The summed E-state index contributed by atoms with van der Waals surface area (Å²) in [6.45, 7) is 4.15. The standard InChI is InChI=1S/C19H24N2O5S/c1-5-21(6-2)27(23,24)18-13-14(11-12-17(18)26-4)19(22)20-15-9-7-8-10-16(15)25-3/h7-13H,5-6H2,1-4H3,(H,20,22). The van der Waals surface area contributed by atoms with Gasteiger partial charge in [-0.3, -0.25) is 4.79 Å². The molecule has 1 amide bonds. The molecule has 0 radical (unpaired) electrons. The highest BCUT2D eigenvalue weighted by Gasteiger charge is 2.27. The number of benzene rings is 2. The van der Waals surface area contributed by atoms with E-state index in [2.05, 4.69) is 5.32 Å². The SMILES string of the molecule is CCN(CC)S(=O)(=O)c1cc(C(=O)Nc2ccccc2OC)ccc1OC. The van der Waals surface area contributed by atoms with E-state index in [4.69, 9.17) is 9.47 Å². The number of anilines is 1. The van der Waals surface area contributed by atoms with Crippen LogP contribution in [0, 0.1) is 0 Å². The molecule has 27 heavy (non-hydrogen) atoms. The van der Waals surface area contributed by atoms with Gasteiger partial charge in [0, 0.05) is 18.7 Å². The lowest BCUT2D eigenvalue weighted by Gasteiger charge is -2.20. The summed E-state index contributed by atoms with van der Waals surface area (Å²) >= 11 is 0. The Labute approximate surface area is 160 Å². The molecule has 2 aromatic rings. The third kappa shape index (κ3) is 4.40. The number of carbonyl (C=O) groups excluding carboxylic acids is 1. The number of carbonyl (C=O) groups is 1. The summed E-state index contributed by atoms with van der Waals surface area (Å²) in [6, 6.07) is 11.3. The predicted octanol–water partition coefficient (Wildman–Crippen LogP) is 2.99. The normalized spacial score (nSPS) is 11.3. The van der Waals surface area contributed by atoms with Crippen molar-refractivity contribution in [3.8, 4) is 11.5 Å². The molecule has 2 aromatic carbocycles. The summed E-state index contributed by atoms with van der Waals surface area (Å²) in [4.78, 5) is 12.6. The molecule has 0 fully saturated rings. The topological polar surface area (TPSA) is 84.9 Å². The Morgan fingerprint density at radius 3 is 2.22 bits per heavy atom. The van der Waals surface area contributed by atoms with Crippen LogP contribution in [0.2, 0.25) is 0 Å². The minimum Gasteiger partial charge on any atom is -0.495 e. The molecular weight excluding hydrogens is 368 g/mol. The highest BCUT2D eigenvalue weighted by molar-refractivity contribution is 7.89. The molecule has 0 unspecified atom stereocenters. The molecule has 7 nitrogen and oxygen atoms in total. The fourth-order valence-electron chi connectivity index (χ4n) is 2.66. The monoisotopic (exact) mass is 392 g/mol. The summed E-state index contributed by atoms with van der Waals surface area (Å²) in [5, 5.41) is 2.74. The Kier molecular flexibility index (Phi) is 6.81. The second-order valence-corrected chi connectivity index (χ2v) is 7.52. The molecule has 0 aliphatic carbocycles. The van der Waals surface area contributed by atoms with Gasteiger partial charge in [-0.2, -0.15) is 4.31 Å². The molecule has 0 saturated carbocycles. The highest BCUT2D eigenvalue weighted by Crippen LogP contribution is 2.29. The van der Waals surface area contributed by atoms with Gasteiger partial charge in [-0.1, -0.05) is 26.0 Å². The van der Waals surface area contributed by atoms with Gasteiger partial charge in [-0.15, -0.1) is 0 Å². The van der Waals surface area contributed by atoms with Crippen LogP contribution in [0.1, 0.15) is 24.2 Å². The van der Waals surface area contributed by atoms with E-state index in [1.54, 1.807) is 38.1 Å². The fraction of sp³-hybridized carbons (Fsp3) is 0.316. The number of sulfonamides is 1. The molecule has 0 atom stereocenters. The number of nitrogens with one attached hydrogen (secondary N) is 1. The lowest BCUT2D eigenvalue weighted by molar-refractivity contribution is 0.102. The van der Waals surface area contributed by atoms with Gasteiger partial charge in [-0.05, 0) is 30.3 Å².